The Hall–Kier alpha value is -3.47. The first-order valence-corrected chi connectivity index (χ1v) is 8.31. The Balaban J connectivity index is 1.54. The van der Waals surface area contributed by atoms with Crippen LogP contribution in [0.2, 0.25) is 0 Å². The van der Waals surface area contributed by atoms with Gasteiger partial charge in [0.1, 0.15) is 11.6 Å². The number of carbonyl (C=O) groups is 1. The van der Waals surface area contributed by atoms with Crippen LogP contribution in [0.15, 0.2) is 54.8 Å². The summed E-state index contributed by atoms with van der Waals surface area (Å²) < 4.78 is 0. The maximum absolute atomic E-state index is 12.2. The van der Waals surface area contributed by atoms with Crippen LogP contribution in [0.5, 0.6) is 0 Å². The highest BCUT2D eigenvalue weighted by atomic mass is 16.1. The molecule has 132 valence electrons. The first-order chi connectivity index (χ1) is 12.8. The molecule has 8 nitrogen and oxygen atoms in total. The smallest absolute Gasteiger partial charge is 0.263 e. The first-order valence-electron chi connectivity index (χ1n) is 8.31. The zero-order valence-electron chi connectivity index (χ0n) is 14.2. The van der Waals surface area contributed by atoms with Gasteiger partial charge in [-0.2, -0.15) is 5.26 Å². The van der Waals surface area contributed by atoms with Crippen molar-refractivity contribution in [1.29, 1.82) is 5.26 Å². The molecule has 2 aromatic rings. The summed E-state index contributed by atoms with van der Waals surface area (Å²) in [6.45, 7) is 3.19. The molecule has 3 rings (SSSR count). The number of pyridine rings is 1. The van der Waals surface area contributed by atoms with Crippen molar-refractivity contribution in [3.05, 3.63) is 60.3 Å². The second-order valence-electron chi connectivity index (χ2n) is 5.77. The normalized spacial score (nSPS) is 14.7. The van der Waals surface area contributed by atoms with Gasteiger partial charge >= 0.3 is 0 Å². The fourth-order valence-electron chi connectivity index (χ4n) is 2.61. The molecule has 1 aliphatic rings. The second kappa shape index (κ2) is 8.58. The van der Waals surface area contributed by atoms with Crippen LogP contribution in [0.1, 0.15) is 5.56 Å². The van der Waals surface area contributed by atoms with E-state index in [1.54, 1.807) is 43.1 Å². The average Bonchev–Trinajstić information content (AvgIpc) is 2.72. The van der Waals surface area contributed by atoms with Gasteiger partial charge in [-0.3, -0.25) is 9.78 Å². The van der Waals surface area contributed by atoms with E-state index in [9.17, 15) is 10.1 Å². The second-order valence-corrected chi connectivity index (χ2v) is 5.77. The Labute approximate surface area is 151 Å². The quantitative estimate of drug-likeness (QED) is 0.627. The van der Waals surface area contributed by atoms with Crippen molar-refractivity contribution in [1.82, 2.24) is 25.2 Å². The summed E-state index contributed by atoms with van der Waals surface area (Å²) in [5.74, 6) is 0.316. The molecular weight excluding hydrogens is 330 g/mol. The third kappa shape index (κ3) is 4.54. The summed E-state index contributed by atoms with van der Waals surface area (Å²) in [5.41, 5.74) is 0.980. The molecule has 0 bridgehead atoms. The molecule has 1 fully saturated rings. The van der Waals surface area contributed by atoms with E-state index in [1.165, 1.54) is 0 Å². The molecule has 1 N–H and O–H groups in total. The summed E-state index contributed by atoms with van der Waals surface area (Å²) in [6, 6.07) is 7.44. The van der Waals surface area contributed by atoms with Crippen LogP contribution >= 0.6 is 0 Å². The average molecular weight is 349 g/mol. The highest BCUT2D eigenvalue weighted by Crippen LogP contribution is 2.11. The van der Waals surface area contributed by atoms with Gasteiger partial charge in [0.25, 0.3) is 5.91 Å². The number of aromatic nitrogens is 3. The van der Waals surface area contributed by atoms with Gasteiger partial charge < -0.3 is 15.1 Å². The molecule has 1 aliphatic heterocycles. The van der Waals surface area contributed by atoms with Crippen LogP contribution in [-0.2, 0) is 11.3 Å². The van der Waals surface area contributed by atoms with Crippen molar-refractivity contribution >= 4 is 11.9 Å². The van der Waals surface area contributed by atoms with E-state index in [-0.39, 0.29) is 11.5 Å². The molecule has 0 radical (unpaired) electrons. The summed E-state index contributed by atoms with van der Waals surface area (Å²) >= 11 is 0. The summed E-state index contributed by atoms with van der Waals surface area (Å²) in [7, 11) is 0. The van der Waals surface area contributed by atoms with Crippen LogP contribution in [0.4, 0.5) is 5.95 Å². The van der Waals surface area contributed by atoms with Crippen molar-refractivity contribution < 1.29 is 4.79 Å². The molecule has 1 saturated heterocycles. The number of piperazine rings is 1. The molecule has 26 heavy (non-hydrogen) atoms. The number of nitriles is 1. The predicted molar refractivity (Wildman–Crippen MR) is 95.6 cm³/mol. The summed E-state index contributed by atoms with van der Waals surface area (Å²) in [5, 5.41) is 12.1. The minimum Gasteiger partial charge on any atom is -0.373 e. The van der Waals surface area contributed by atoms with E-state index < -0.39 is 0 Å². The Morgan fingerprint density at radius 2 is 1.96 bits per heavy atom. The lowest BCUT2D eigenvalue weighted by molar-refractivity contribution is -0.117. The predicted octanol–water partition coefficient (Wildman–Crippen LogP) is 0.717. The molecule has 1 amide bonds. The number of amides is 1. The Morgan fingerprint density at radius 1 is 1.19 bits per heavy atom. The van der Waals surface area contributed by atoms with Gasteiger partial charge in [0.2, 0.25) is 5.95 Å². The first kappa shape index (κ1) is 17.4. The molecule has 8 heteroatoms. The van der Waals surface area contributed by atoms with E-state index in [0.29, 0.717) is 25.6 Å². The molecule has 0 saturated carbocycles. The van der Waals surface area contributed by atoms with E-state index in [1.807, 2.05) is 17.0 Å². The molecule has 0 unspecified atom stereocenters. The van der Waals surface area contributed by atoms with Crippen molar-refractivity contribution in [2.24, 2.45) is 0 Å². The largest absolute Gasteiger partial charge is 0.373 e. The molecule has 0 aliphatic carbocycles. The Morgan fingerprint density at radius 3 is 2.62 bits per heavy atom. The zero-order chi connectivity index (χ0) is 18.2. The Kier molecular flexibility index (Phi) is 5.72. The lowest BCUT2D eigenvalue weighted by Crippen LogP contribution is -2.45. The molecule has 2 aromatic heterocycles. The van der Waals surface area contributed by atoms with Gasteiger partial charge in [0.15, 0.2) is 0 Å². The Bertz CT molecular complexity index is 793. The number of carbonyl (C=O) groups excluding carboxylic acids is 1. The van der Waals surface area contributed by atoms with Crippen LogP contribution in [-0.4, -0.2) is 51.9 Å². The van der Waals surface area contributed by atoms with Crippen LogP contribution in [0.25, 0.3) is 0 Å². The van der Waals surface area contributed by atoms with Crippen molar-refractivity contribution in [3.63, 3.8) is 0 Å². The van der Waals surface area contributed by atoms with E-state index >= 15 is 0 Å². The summed E-state index contributed by atoms with van der Waals surface area (Å²) in [4.78, 5) is 28.8. The fraction of sp³-hybridized carbons (Fsp3) is 0.278. The molecule has 0 spiro atoms. The van der Waals surface area contributed by atoms with E-state index in [2.05, 4.69) is 25.2 Å². The molecule has 0 aromatic carbocycles. The van der Waals surface area contributed by atoms with E-state index in [4.69, 9.17) is 0 Å². The van der Waals surface area contributed by atoms with Crippen molar-refractivity contribution in [2.45, 2.75) is 6.54 Å². The summed E-state index contributed by atoms with van der Waals surface area (Å²) in [6.07, 6.45) is 8.42. The lowest BCUT2D eigenvalue weighted by atomic mass is 10.2. The maximum atomic E-state index is 12.2. The monoisotopic (exact) mass is 349 g/mol. The molecule has 0 atom stereocenters. The number of nitrogens with zero attached hydrogens (tertiary/aromatic N) is 6. The highest BCUT2D eigenvalue weighted by molar-refractivity contribution is 5.97. The van der Waals surface area contributed by atoms with Crippen molar-refractivity contribution in [3.8, 4) is 6.07 Å². The van der Waals surface area contributed by atoms with Gasteiger partial charge in [-0.15, -0.1) is 0 Å². The third-order valence-electron chi connectivity index (χ3n) is 4.00. The van der Waals surface area contributed by atoms with Crippen molar-refractivity contribution in [2.75, 3.05) is 31.1 Å². The van der Waals surface area contributed by atoms with Gasteiger partial charge in [0.05, 0.1) is 0 Å². The number of hydrogen-bond donors (Lipinski definition) is 1. The fourth-order valence-corrected chi connectivity index (χ4v) is 2.61. The van der Waals surface area contributed by atoms with Crippen LogP contribution in [0, 0.1) is 11.3 Å². The van der Waals surface area contributed by atoms with Gasteiger partial charge in [-0.1, -0.05) is 6.07 Å². The van der Waals surface area contributed by atoms with Crippen LogP contribution < -0.4 is 10.2 Å². The van der Waals surface area contributed by atoms with Crippen LogP contribution in [0.3, 0.4) is 0 Å². The third-order valence-corrected chi connectivity index (χ3v) is 4.00. The number of nitrogens with one attached hydrogen (secondary N) is 1. The SMILES string of the molecule is N#C/C(=C/N1CCN(c2ncccn2)CC1)C(=O)NCc1cccnc1. The molecule has 3 heterocycles. The number of rotatable bonds is 5. The minimum atomic E-state index is -0.384. The number of anilines is 1. The standard InChI is InChI=1S/C18H19N7O/c19-11-16(17(26)23-13-15-3-1-4-20-12-15)14-24-7-9-25(10-8-24)18-21-5-2-6-22-18/h1-6,12,14H,7-10,13H2,(H,23,26)/b16-14-. The van der Waals surface area contributed by atoms with Gasteiger partial charge in [-0.05, 0) is 17.7 Å². The van der Waals surface area contributed by atoms with Gasteiger partial charge in [-0.25, -0.2) is 9.97 Å². The minimum absolute atomic E-state index is 0.0956. The highest BCUT2D eigenvalue weighted by Gasteiger charge is 2.18. The zero-order valence-corrected chi connectivity index (χ0v) is 14.2. The van der Waals surface area contributed by atoms with E-state index in [0.717, 1.165) is 18.7 Å². The maximum Gasteiger partial charge on any atom is 0.263 e. The van der Waals surface area contributed by atoms with Gasteiger partial charge in [0, 0.05) is 63.7 Å². The lowest BCUT2D eigenvalue weighted by Gasteiger charge is -2.34. The molecular formula is C18H19N7O. The number of hydrogen-bond acceptors (Lipinski definition) is 7. The topological polar surface area (TPSA) is 98.0 Å².